The Morgan fingerprint density at radius 2 is 1.92 bits per heavy atom. The van der Waals surface area contributed by atoms with Gasteiger partial charge < -0.3 is 26.0 Å². The van der Waals surface area contributed by atoms with E-state index >= 15 is 4.39 Å². The van der Waals surface area contributed by atoms with Crippen LogP contribution in [0, 0.1) is 17.0 Å². The van der Waals surface area contributed by atoms with Gasteiger partial charge in [0.15, 0.2) is 0 Å². The Hall–Kier alpha value is -1.36. The Kier molecular flexibility index (Phi) is 10.3. The summed E-state index contributed by atoms with van der Waals surface area (Å²) in [7, 11) is 0. The van der Waals surface area contributed by atoms with Crippen LogP contribution < -0.4 is 16.4 Å². The number of benzene rings is 2. The predicted octanol–water partition coefficient (Wildman–Crippen LogP) is 4.29. The van der Waals surface area contributed by atoms with Crippen molar-refractivity contribution in [2.45, 2.75) is 63.3 Å². The van der Waals surface area contributed by atoms with E-state index in [-0.39, 0.29) is 41.4 Å². The first-order chi connectivity index (χ1) is 17.4. The lowest BCUT2D eigenvalue weighted by molar-refractivity contribution is 0.0735. The molecule has 0 spiro atoms. The third kappa shape index (κ3) is 7.19. The molecule has 0 unspecified atom stereocenters. The summed E-state index contributed by atoms with van der Waals surface area (Å²) in [5.41, 5.74) is 6.70. The Balaban J connectivity index is 1.98. The lowest BCUT2D eigenvalue weighted by Gasteiger charge is -2.40. The minimum Gasteiger partial charge on any atom is -0.394 e. The smallest absolute Gasteiger partial charge is 0.145 e. The van der Waals surface area contributed by atoms with Crippen LogP contribution in [0.3, 0.4) is 0 Å². The maximum absolute atomic E-state index is 15.5. The fourth-order valence-electron chi connectivity index (χ4n) is 5.10. The highest BCUT2D eigenvalue weighted by atomic mass is 35.5. The van der Waals surface area contributed by atoms with E-state index < -0.39 is 35.2 Å². The van der Waals surface area contributed by atoms with E-state index in [1.807, 2.05) is 0 Å². The van der Waals surface area contributed by atoms with Crippen LogP contribution in [0.25, 0.3) is 0 Å². The standard InChI is InChI=1S/C27H37Cl2F2N3O3/c1-26(2,3)12-23-27(32,16-7-8-19(28)21(30)11-16)24(18-5-4-6-20(29)25(18)31)22(34-23)14-37-15-33-10-9-17(36)13-35/h4-8,11,17,22-24,33-36H,9-10,12-15,32H2,1-3H3/t17-,22-,23-,24-,27+/m0/s1. The van der Waals surface area contributed by atoms with Gasteiger partial charge in [-0.3, -0.25) is 5.32 Å². The monoisotopic (exact) mass is 559 g/mol. The van der Waals surface area contributed by atoms with Gasteiger partial charge in [-0.25, -0.2) is 8.78 Å². The zero-order valence-electron chi connectivity index (χ0n) is 21.4. The molecule has 10 heteroatoms. The molecular formula is C27H37Cl2F2N3O3. The van der Waals surface area contributed by atoms with E-state index in [1.165, 1.54) is 18.2 Å². The van der Waals surface area contributed by atoms with Crippen molar-refractivity contribution in [1.29, 1.82) is 0 Å². The molecule has 0 saturated carbocycles. The summed E-state index contributed by atoms with van der Waals surface area (Å²) in [6, 6.07) is 8.52. The molecule has 0 bridgehead atoms. The fraction of sp³-hybridized carbons (Fsp3) is 0.556. The molecule has 37 heavy (non-hydrogen) atoms. The number of hydrogen-bond donors (Lipinski definition) is 5. The zero-order chi connectivity index (χ0) is 27.4. The third-order valence-electron chi connectivity index (χ3n) is 6.83. The van der Waals surface area contributed by atoms with Crippen molar-refractivity contribution >= 4 is 23.2 Å². The Bertz CT molecular complexity index is 1060. The molecule has 6 N–H and O–H groups in total. The summed E-state index contributed by atoms with van der Waals surface area (Å²) in [5, 5.41) is 25.0. The largest absolute Gasteiger partial charge is 0.394 e. The van der Waals surface area contributed by atoms with E-state index in [0.717, 1.165) is 0 Å². The molecule has 2 aromatic carbocycles. The molecule has 1 aliphatic heterocycles. The van der Waals surface area contributed by atoms with Crippen LogP contribution in [0.4, 0.5) is 8.78 Å². The molecule has 0 radical (unpaired) electrons. The summed E-state index contributed by atoms with van der Waals surface area (Å²) in [6.45, 7) is 6.76. The predicted molar refractivity (Wildman–Crippen MR) is 143 cm³/mol. The highest BCUT2D eigenvalue weighted by Gasteiger charge is 2.55. The lowest BCUT2D eigenvalue weighted by atomic mass is 9.68. The van der Waals surface area contributed by atoms with Gasteiger partial charge >= 0.3 is 0 Å². The molecule has 0 aliphatic carbocycles. The minimum atomic E-state index is -1.21. The van der Waals surface area contributed by atoms with Crippen molar-refractivity contribution < 1.29 is 23.7 Å². The second kappa shape index (κ2) is 12.7. The van der Waals surface area contributed by atoms with Gasteiger partial charge in [-0.1, -0.05) is 62.2 Å². The molecule has 5 atom stereocenters. The first-order valence-electron chi connectivity index (χ1n) is 12.4. The van der Waals surface area contributed by atoms with Crippen LogP contribution in [0.15, 0.2) is 36.4 Å². The van der Waals surface area contributed by atoms with E-state index in [1.54, 1.807) is 18.2 Å². The molecule has 0 aromatic heterocycles. The molecule has 0 amide bonds. The van der Waals surface area contributed by atoms with Crippen LogP contribution in [-0.2, 0) is 10.3 Å². The first kappa shape index (κ1) is 30.2. The molecule has 206 valence electrons. The van der Waals surface area contributed by atoms with E-state index in [4.69, 9.17) is 38.8 Å². The van der Waals surface area contributed by atoms with Gasteiger partial charge in [0, 0.05) is 18.0 Å². The Labute approximate surface area is 227 Å². The van der Waals surface area contributed by atoms with Crippen molar-refractivity contribution in [3.8, 4) is 0 Å². The number of aliphatic hydroxyl groups excluding tert-OH is 2. The number of ether oxygens (including phenoxy) is 1. The summed E-state index contributed by atoms with van der Waals surface area (Å²) >= 11 is 12.2. The minimum absolute atomic E-state index is 0.0200. The first-order valence-corrected chi connectivity index (χ1v) is 13.2. The molecule has 6 nitrogen and oxygen atoms in total. The SMILES string of the molecule is CC(C)(C)C[C@@H]1N[C@@H](COCNCC[C@H](O)CO)[C@H](c2cccc(Cl)c2F)[C@@]1(N)c1ccc(Cl)c(F)c1. The summed E-state index contributed by atoms with van der Waals surface area (Å²) in [6.07, 6.45) is 0.203. The zero-order valence-corrected chi connectivity index (χ0v) is 22.9. The third-order valence-corrected chi connectivity index (χ3v) is 7.43. The van der Waals surface area contributed by atoms with Gasteiger partial charge in [-0.2, -0.15) is 0 Å². The van der Waals surface area contributed by atoms with Gasteiger partial charge in [-0.15, -0.1) is 0 Å². The maximum atomic E-state index is 15.5. The van der Waals surface area contributed by atoms with Gasteiger partial charge in [0.05, 0.1) is 41.6 Å². The lowest BCUT2D eigenvalue weighted by Crippen LogP contribution is -2.52. The van der Waals surface area contributed by atoms with E-state index in [0.29, 0.717) is 30.5 Å². The van der Waals surface area contributed by atoms with Crippen molar-refractivity contribution in [2.75, 3.05) is 26.5 Å². The fourth-order valence-corrected chi connectivity index (χ4v) is 5.40. The number of nitrogens with two attached hydrogens (primary N) is 1. The number of nitrogens with one attached hydrogen (secondary N) is 2. The molecule has 1 aliphatic rings. The van der Waals surface area contributed by atoms with Crippen molar-refractivity contribution in [3.63, 3.8) is 0 Å². The average molecular weight is 561 g/mol. The molecule has 1 saturated heterocycles. The number of aliphatic hydroxyl groups is 2. The molecule has 1 heterocycles. The number of rotatable bonds is 11. The van der Waals surface area contributed by atoms with E-state index in [9.17, 15) is 9.50 Å². The molecular weight excluding hydrogens is 523 g/mol. The summed E-state index contributed by atoms with van der Waals surface area (Å²) < 4.78 is 36.0. The van der Waals surface area contributed by atoms with Crippen LogP contribution in [0.5, 0.6) is 0 Å². The van der Waals surface area contributed by atoms with Crippen LogP contribution in [0.1, 0.15) is 50.7 Å². The highest BCUT2D eigenvalue weighted by molar-refractivity contribution is 6.31. The van der Waals surface area contributed by atoms with Crippen molar-refractivity contribution in [1.82, 2.24) is 10.6 Å². The highest BCUT2D eigenvalue weighted by Crippen LogP contribution is 2.49. The van der Waals surface area contributed by atoms with Gasteiger partial charge in [0.2, 0.25) is 0 Å². The van der Waals surface area contributed by atoms with Crippen LogP contribution >= 0.6 is 23.2 Å². The van der Waals surface area contributed by atoms with Crippen LogP contribution in [0.2, 0.25) is 10.0 Å². The number of hydrogen-bond acceptors (Lipinski definition) is 6. The maximum Gasteiger partial charge on any atom is 0.145 e. The Morgan fingerprint density at radius 3 is 2.57 bits per heavy atom. The molecule has 1 fully saturated rings. The molecule has 2 aromatic rings. The number of halogens is 4. The van der Waals surface area contributed by atoms with Gasteiger partial charge in [0.25, 0.3) is 0 Å². The average Bonchev–Trinajstić information content (AvgIpc) is 3.10. The van der Waals surface area contributed by atoms with Crippen LogP contribution in [-0.4, -0.2) is 54.9 Å². The normalized spacial score (nSPS) is 25.0. The summed E-state index contributed by atoms with van der Waals surface area (Å²) in [5.74, 6) is -1.81. The van der Waals surface area contributed by atoms with Gasteiger partial charge in [-0.05, 0) is 54.1 Å². The van der Waals surface area contributed by atoms with Crippen molar-refractivity contribution in [3.05, 3.63) is 69.2 Å². The topological polar surface area (TPSA) is 99.8 Å². The second-order valence-corrected chi connectivity index (χ2v) is 11.7. The molecule has 3 rings (SSSR count). The quantitative estimate of drug-likeness (QED) is 0.208. The summed E-state index contributed by atoms with van der Waals surface area (Å²) in [4.78, 5) is 0. The van der Waals surface area contributed by atoms with E-state index in [2.05, 4.69) is 31.4 Å². The Morgan fingerprint density at radius 1 is 1.19 bits per heavy atom. The van der Waals surface area contributed by atoms with Crippen molar-refractivity contribution in [2.24, 2.45) is 11.1 Å². The van der Waals surface area contributed by atoms with Gasteiger partial charge in [0.1, 0.15) is 11.6 Å². The second-order valence-electron chi connectivity index (χ2n) is 10.9.